The molecule has 4 aromatic carbocycles. The van der Waals surface area contributed by atoms with Gasteiger partial charge in [0.05, 0.1) is 19.3 Å². The molecule has 0 unspecified atom stereocenters. The van der Waals surface area contributed by atoms with Crippen molar-refractivity contribution in [2.45, 2.75) is 20.0 Å². The van der Waals surface area contributed by atoms with Crippen LogP contribution in [-0.4, -0.2) is 19.7 Å². The quantitative estimate of drug-likeness (QED) is 0.187. The van der Waals surface area contributed by atoms with Crippen molar-refractivity contribution in [2.75, 3.05) is 13.7 Å². The van der Waals surface area contributed by atoms with Gasteiger partial charge in [0.1, 0.15) is 17.2 Å². The fourth-order valence-corrected chi connectivity index (χ4v) is 4.11. The molecule has 0 aliphatic carbocycles. The second-order valence-electron chi connectivity index (χ2n) is 8.29. The molecule has 0 aliphatic rings. The van der Waals surface area contributed by atoms with Crippen LogP contribution in [0.5, 0.6) is 17.2 Å². The van der Waals surface area contributed by atoms with Gasteiger partial charge in [-0.2, -0.15) is 13.2 Å². The van der Waals surface area contributed by atoms with Crippen molar-refractivity contribution in [1.29, 1.82) is 0 Å². The van der Waals surface area contributed by atoms with Gasteiger partial charge in [-0.3, -0.25) is 0 Å². The van der Waals surface area contributed by atoms with Crippen molar-refractivity contribution in [2.24, 2.45) is 0 Å². The molecular formula is C30H25F3O4. The minimum atomic E-state index is -4.70. The lowest BCUT2D eigenvalue weighted by Gasteiger charge is -2.20. The zero-order chi connectivity index (χ0) is 26.6. The fraction of sp³-hybridized carbons (Fsp3) is 0.167. The number of alkyl halides is 3. The molecule has 0 N–H and O–H groups in total. The Morgan fingerprint density at radius 3 is 2.41 bits per heavy atom. The van der Waals surface area contributed by atoms with Gasteiger partial charge in [0.25, 0.3) is 0 Å². The predicted octanol–water partition coefficient (Wildman–Crippen LogP) is 8.21. The van der Waals surface area contributed by atoms with E-state index in [1.54, 1.807) is 26.2 Å². The van der Waals surface area contributed by atoms with Crippen LogP contribution in [0.15, 0.2) is 78.9 Å². The number of hydrogen-bond donors (Lipinski definition) is 0. The van der Waals surface area contributed by atoms with E-state index in [-0.39, 0.29) is 17.9 Å². The van der Waals surface area contributed by atoms with Crippen LogP contribution in [0.25, 0.3) is 28.0 Å². The van der Waals surface area contributed by atoms with Gasteiger partial charge < -0.3 is 14.2 Å². The third kappa shape index (κ3) is 5.77. The van der Waals surface area contributed by atoms with Gasteiger partial charge in [-0.05, 0) is 72.3 Å². The van der Waals surface area contributed by atoms with E-state index in [0.717, 1.165) is 28.7 Å². The third-order valence-corrected chi connectivity index (χ3v) is 5.78. The highest BCUT2D eigenvalue weighted by Crippen LogP contribution is 2.46. The van der Waals surface area contributed by atoms with Crippen LogP contribution >= 0.6 is 0 Å². The van der Waals surface area contributed by atoms with Crippen LogP contribution in [0.2, 0.25) is 0 Å². The SMILES string of the molecule is CCOC(=O)C=Cc1ccc(Oc2c(-c3ccccc3)c(C)cc3cc(OC)ccc23)c(C(F)(F)F)c1. The summed E-state index contributed by atoms with van der Waals surface area (Å²) < 4.78 is 58.7. The Labute approximate surface area is 212 Å². The Balaban J connectivity index is 1.89. The highest BCUT2D eigenvalue weighted by Gasteiger charge is 2.35. The molecule has 190 valence electrons. The summed E-state index contributed by atoms with van der Waals surface area (Å²) in [6.07, 6.45) is -2.33. The number of methoxy groups -OCH3 is 1. The average molecular weight is 507 g/mol. The summed E-state index contributed by atoms with van der Waals surface area (Å²) in [5.41, 5.74) is 1.58. The number of rotatable bonds is 7. The number of ether oxygens (including phenoxy) is 3. The average Bonchev–Trinajstić information content (AvgIpc) is 2.87. The maximum absolute atomic E-state index is 14.2. The highest BCUT2D eigenvalue weighted by molar-refractivity contribution is 5.97. The van der Waals surface area contributed by atoms with E-state index in [1.807, 2.05) is 49.4 Å². The lowest BCUT2D eigenvalue weighted by atomic mass is 9.94. The first-order valence-corrected chi connectivity index (χ1v) is 11.6. The number of carbonyl (C=O) groups is 1. The second kappa shape index (κ2) is 10.8. The molecule has 4 aromatic rings. The summed E-state index contributed by atoms with van der Waals surface area (Å²) in [5, 5.41) is 1.42. The van der Waals surface area contributed by atoms with E-state index in [2.05, 4.69) is 0 Å². The lowest BCUT2D eigenvalue weighted by molar-refractivity contribution is -0.138. The van der Waals surface area contributed by atoms with Crippen LogP contribution in [0, 0.1) is 6.92 Å². The van der Waals surface area contributed by atoms with Crippen LogP contribution < -0.4 is 9.47 Å². The summed E-state index contributed by atoms with van der Waals surface area (Å²) in [4.78, 5) is 11.6. The number of aryl methyl sites for hydroxylation is 1. The molecule has 0 amide bonds. The van der Waals surface area contributed by atoms with E-state index in [0.29, 0.717) is 22.4 Å². The Hall–Kier alpha value is -4.26. The summed E-state index contributed by atoms with van der Waals surface area (Å²) in [6.45, 7) is 3.71. The Bertz CT molecular complexity index is 1460. The third-order valence-electron chi connectivity index (χ3n) is 5.78. The van der Waals surface area contributed by atoms with E-state index in [1.165, 1.54) is 18.2 Å². The van der Waals surface area contributed by atoms with Gasteiger partial charge >= 0.3 is 12.1 Å². The monoisotopic (exact) mass is 506 g/mol. The number of hydrogen-bond acceptors (Lipinski definition) is 4. The summed E-state index contributed by atoms with van der Waals surface area (Å²) in [6, 6.07) is 20.3. The molecule has 7 heteroatoms. The normalized spacial score (nSPS) is 11.6. The zero-order valence-corrected chi connectivity index (χ0v) is 20.6. The maximum atomic E-state index is 14.2. The number of benzene rings is 4. The topological polar surface area (TPSA) is 44.8 Å². The van der Waals surface area contributed by atoms with Crippen molar-refractivity contribution < 1.29 is 32.2 Å². The van der Waals surface area contributed by atoms with E-state index in [9.17, 15) is 18.0 Å². The zero-order valence-electron chi connectivity index (χ0n) is 20.6. The van der Waals surface area contributed by atoms with Gasteiger partial charge in [0.15, 0.2) is 0 Å². The molecule has 0 saturated heterocycles. The van der Waals surface area contributed by atoms with Gasteiger partial charge in [-0.15, -0.1) is 0 Å². The molecule has 0 spiro atoms. The number of fused-ring (bicyclic) bond motifs is 1. The summed E-state index contributed by atoms with van der Waals surface area (Å²) in [7, 11) is 1.55. The first-order valence-electron chi connectivity index (χ1n) is 11.6. The van der Waals surface area contributed by atoms with Crippen LogP contribution in [0.4, 0.5) is 13.2 Å². The Morgan fingerprint density at radius 2 is 1.73 bits per heavy atom. The molecule has 0 bridgehead atoms. The van der Waals surface area contributed by atoms with Crippen LogP contribution in [0.1, 0.15) is 23.6 Å². The fourth-order valence-electron chi connectivity index (χ4n) is 4.11. The van der Waals surface area contributed by atoms with Gasteiger partial charge in [-0.25, -0.2) is 4.79 Å². The molecule has 0 saturated carbocycles. The van der Waals surface area contributed by atoms with Crippen molar-refractivity contribution in [3.8, 4) is 28.4 Å². The van der Waals surface area contributed by atoms with Gasteiger partial charge in [-0.1, -0.05) is 42.5 Å². The minimum absolute atomic E-state index is 0.170. The Kier molecular flexibility index (Phi) is 7.53. The molecule has 0 radical (unpaired) electrons. The van der Waals surface area contributed by atoms with E-state index in [4.69, 9.17) is 14.2 Å². The first kappa shape index (κ1) is 25.8. The standard InChI is InChI=1S/C30H25F3O4/c1-4-36-27(34)15-11-20-10-14-26(25(17-20)30(31,32)33)37-29-24-13-12-23(35-3)18-22(24)16-19(2)28(29)21-8-6-5-7-9-21/h5-18H,4H2,1-3H3. The maximum Gasteiger partial charge on any atom is 0.420 e. The van der Waals surface area contributed by atoms with Gasteiger partial charge in [0.2, 0.25) is 0 Å². The Morgan fingerprint density at radius 1 is 0.973 bits per heavy atom. The van der Waals surface area contributed by atoms with Crippen LogP contribution in [-0.2, 0) is 15.7 Å². The number of halogens is 3. The first-order chi connectivity index (χ1) is 17.7. The smallest absolute Gasteiger partial charge is 0.420 e. The lowest BCUT2D eigenvalue weighted by Crippen LogP contribution is -2.08. The van der Waals surface area contributed by atoms with Crippen LogP contribution in [0.3, 0.4) is 0 Å². The molecule has 4 nitrogen and oxygen atoms in total. The molecule has 37 heavy (non-hydrogen) atoms. The van der Waals surface area contributed by atoms with E-state index < -0.39 is 17.7 Å². The van der Waals surface area contributed by atoms with Crippen molar-refractivity contribution >= 4 is 22.8 Å². The molecule has 0 aliphatic heterocycles. The number of carbonyl (C=O) groups excluding carboxylic acids is 1. The predicted molar refractivity (Wildman–Crippen MR) is 138 cm³/mol. The summed E-state index contributed by atoms with van der Waals surface area (Å²) >= 11 is 0. The van der Waals surface area contributed by atoms with Crippen molar-refractivity contribution in [1.82, 2.24) is 0 Å². The second-order valence-corrected chi connectivity index (χ2v) is 8.29. The molecule has 0 aromatic heterocycles. The molecule has 0 heterocycles. The largest absolute Gasteiger partial charge is 0.497 e. The molecule has 0 fully saturated rings. The summed E-state index contributed by atoms with van der Waals surface area (Å²) in [5.74, 6) is -0.0468. The van der Waals surface area contributed by atoms with Gasteiger partial charge in [0, 0.05) is 17.0 Å². The van der Waals surface area contributed by atoms with Crippen molar-refractivity contribution in [3.63, 3.8) is 0 Å². The molecule has 0 atom stereocenters. The minimum Gasteiger partial charge on any atom is -0.497 e. The van der Waals surface area contributed by atoms with E-state index >= 15 is 0 Å². The van der Waals surface area contributed by atoms with Crippen molar-refractivity contribution in [3.05, 3.63) is 95.6 Å². The number of esters is 1. The highest BCUT2D eigenvalue weighted by atomic mass is 19.4. The molecular weight excluding hydrogens is 481 g/mol. The molecule has 4 rings (SSSR count).